The van der Waals surface area contributed by atoms with Gasteiger partial charge in [-0.1, -0.05) is 30.3 Å². The van der Waals surface area contributed by atoms with Crippen LogP contribution in [0, 0.1) is 0 Å². The number of hydrogen-bond acceptors (Lipinski definition) is 7. The van der Waals surface area contributed by atoms with Crippen molar-refractivity contribution in [1.29, 1.82) is 0 Å². The molecule has 7 heteroatoms. The fourth-order valence-corrected chi connectivity index (χ4v) is 3.08. The number of ether oxygens (including phenoxy) is 2. The molecule has 3 aromatic carbocycles. The average molecular weight is 441 g/mol. The summed E-state index contributed by atoms with van der Waals surface area (Å²) in [6.07, 6.45) is 1.53. The molecule has 0 aliphatic rings. The number of fused-ring (bicyclic) bond motifs is 1. The highest BCUT2D eigenvalue weighted by Gasteiger charge is 2.17. The van der Waals surface area contributed by atoms with Gasteiger partial charge in [-0.3, -0.25) is 4.99 Å². The molecule has 0 atom stereocenters. The van der Waals surface area contributed by atoms with E-state index in [0.29, 0.717) is 34.4 Å². The summed E-state index contributed by atoms with van der Waals surface area (Å²) in [5.41, 5.74) is 0.978. The SMILES string of the molecule is CCOC(=O)c1ccc(N=Cc2ccccc2OC(=O)c2cc3ccccc3oc2=O)cc1. The topological polar surface area (TPSA) is 95.2 Å². The Morgan fingerprint density at radius 1 is 0.939 bits per heavy atom. The molecule has 0 bridgehead atoms. The monoisotopic (exact) mass is 441 g/mol. The molecule has 33 heavy (non-hydrogen) atoms. The molecule has 7 nitrogen and oxygen atoms in total. The third-order valence-electron chi connectivity index (χ3n) is 4.71. The predicted octanol–water partition coefficient (Wildman–Crippen LogP) is 4.94. The summed E-state index contributed by atoms with van der Waals surface area (Å²) in [6, 6.07) is 21.8. The van der Waals surface area contributed by atoms with Crippen molar-refractivity contribution in [1.82, 2.24) is 0 Å². The largest absolute Gasteiger partial charge is 0.462 e. The Kier molecular flexibility index (Phi) is 6.40. The normalized spacial score (nSPS) is 10.9. The number of carbonyl (C=O) groups is 2. The molecule has 0 spiro atoms. The number of benzene rings is 3. The predicted molar refractivity (Wildman–Crippen MR) is 124 cm³/mol. The number of rotatable bonds is 6. The quantitative estimate of drug-likeness (QED) is 0.182. The van der Waals surface area contributed by atoms with Crippen molar-refractivity contribution in [3.05, 3.63) is 106 Å². The van der Waals surface area contributed by atoms with E-state index >= 15 is 0 Å². The second-order valence-corrected chi connectivity index (χ2v) is 6.94. The van der Waals surface area contributed by atoms with Gasteiger partial charge in [0.15, 0.2) is 0 Å². The zero-order valence-corrected chi connectivity index (χ0v) is 17.7. The molecular formula is C26H19NO6. The molecule has 0 aliphatic carbocycles. The zero-order valence-electron chi connectivity index (χ0n) is 17.7. The van der Waals surface area contributed by atoms with Gasteiger partial charge in [0.1, 0.15) is 16.9 Å². The van der Waals surface area contributed by atoms with Gasteiger partial charge in [-0.15, -0.1) is 0 Å². The minimum Gasteiger partial charge on any atom is -0.462 e. The second-order valence-electron chi connectivity index (χ2n) is 6.94. The molecule has 0 saturated heterocycles. The zero-order chi connectivity index (χ0) is 23.2. The molecule has 0 aliphatic heterocycles. The van der Waals surface area contributed by atoms with Crippen LogP contribution in [0.2, 0.25) is 0 Å². The maximum Gasteiger partial charge on any atom is 0.351 e. The van der Waals surface area contributed by atoms with Gasteiger partial charge in [0.25, 0.3) is 0 Å². The molecule has 164 valence electrons. The van der Waals surface area contributed by atoms with Crippen LogP contribution in [0.4, 0.5) is 5.69 Å². The van der Waals surface area contributed by atoms with E-state index < -0.39 is 17.6 Å². The van der Waals surface area contributed by atoms with Crippen molar-refractivity contribution in [3.8, 4) is 5.75 Å². The Bertz CT molecular complexity index is 1400. The van der Waals surface area contributed by atoms with E-state index in [-0.39, 0.29) is 11.3 Å². The lowest BCUT2D eigenvalue weighted by Crippen LogP contribution is -2.19. The van der Waals surface area contributed by atoms with Crippen LogP contribution in [0.25, 0.3) is 11.0 Å². The number of esters is 2. The molecule has 0 fully saturated rings. The molecule has 1 heterocycles. The minimum atomic E-state index is -0.825. The fraction of sp³-hybridized carbons (Fsp3) is 0.0769. The average Bonchev–Trinajstić information content (AvgIpc) is 2.83. The third-order valence-corrected chi connectivity index (χ3v) is 4.71. The van der Waals surface area contributed by atoms with Crippen LogP contribution in [0.5, 0.6) is 5.75 Å². The lowest BCUT2D eigenvalue weighted by Gasteiger charge is -2.07. The second kappa shape index (κ2) is 9.74. The van der Waals surface area contributed by atoms with Crippen LogP contribution in [0.15, 0.2) is 93.1 Å². The van der Waals surface area contributed by atoms with E-state index in [1.807, 2.05) is 0 Å². The van der Waals surface area contributed by atoms with Crippen LogP contribution < -0.4 is 10.4 Å². The summed E-state index contributed by atoms with van der Waals surface area (Å²) in [5.74, 6) is -0.987. The smallest absolute Gasteiger partial charge is 0.351 e. The Hall–Kier alpha value is -4.52. The number of nitrogens with zero attached hydrogens (tertiary/aromatic N) is 1. The maximum absolute atomic E-state index is 12.7. The summed E-state index contributed by atoms with van der Waals surface area (Å²) in [6.45, 7) is 2.04. The van der Waals surface area contributed by atoms with E-state index in [1.165, 1.54) is 12.3 Å². The van der Waals surface area contributed by atoms with Crippen molar-refractivity contribution in [2.75, 3.05) is 6.61 Å². The van der Waals surface area contributed by atoms with Gasteiger partial charge in [0.2, 0.25) is 0 Å². The van der Waals surface area contributed by atoms with E-state index in [9.17, 15) is 14.4 Å². The Morgan fingerprint density at radius 2 is 1.67 bits per heavy atom. The molecule has 1 aromatic heterocycles. The molecule has 0 amide bonds. The number of aliphatic imine (C=N–C) groups is 1. The molecule has 0 radical (unpaired) electrons. The van der Waals surface area contributed by atoms with Crippen LogP contribution in [-0.2, 0) is 4.74 Å². The van der Waals surface area contributed by atoms with Crippen molar-refractivity contribution >= 4 is 34.8 Å². The van der Waals surface area contributed by atoms with E-state index in [4.69, 9.17) is 13.9 Å². The van der Waals surface area contributed by atoms with Crippen LogP contribution in [-0.4, -0.2) is 24.8 Å². The third kappa shape index (κ3) is 5.04. The molecule has 0 saturated carbocycles. The number of carbonyl (C=O) groups excluding carboxylic acids is 2. The standard InChI is InChI=1S/C26H19NO6/c1-2-31-24(28)17-11-13-20(14-12-17)27-16-19-8-4-6-10-23(19)33-26(30)21-15-18-7-3-5-9-22(18)32-25(21)29/h3-16H,2H2,1H3. The number of hydrogen-bond donors (Lipinski definition) is 0. The van der Waals surface area contributed by atoms with Gasteiger partial charge in [0, 0.05) is 17.2 Å². The summed E-state index contributed by atoms with van der Waals surface area (Å²) in [5, 5.41) is 0.616. The summed E-state index contributed by atoms with van der Waals surface area (Å²) < 4.78 is 15.7. The first-order valence-corrected chi connectivity index (χ1v) is 10.2. The Labute approximate surface area is 188 Å². The van der Waals surface area contributed by atoms with Gasteiger partial charge >= 0.3 is 17.6 Å². The van der Waals surface area contributed by atoms with Gasteiger partial charge in [-0.25, -0.2) is 14.4 Å². The highest BCUT2D eigenvalue weighted by atomic mass is 16.5. The first-order valence-electron chi connectivity index (χ1n) is 10.2. The lowest BCUT2D eigenvalue weighted by atomic mass is 10.2. The highest BCUT2D eigenvalue weighted by Crippen LogP contribution is 2.20. The van der Waals surface area contributed by atoms with Crippen molar-refractivity contribution < 1.29 is 23.5 Å². The summed E-state index contributed by atoms with van der Waals surface area (Å²) in [7, 11) is 0. The molecular weight excluding hydrogens is 422 g/mol. The van der Waals surface area contributed by atoms with E-state index in [0.717, 1.165) is 0 Å². The van der Waals surface area contributed by atoms with Crippen molar-refractivity contribution in [2.45, 2.75) is 6.92 Å². The molecule has 0 unspecified atom stereocenters. The van der Waals surface area contributed by atoms with Gasteiger partial charge in [-0.2, -0.15) is 0 Å². The highest BCUT2D eigenvalue weighted by molar-refractivity contribution is 5.95. The van der Waals surface area contributed by atoms with Crippen LogP contribution in [0.1, 0.15) is 33.2 Å². The van der Waals surface area contributed by atoms with Gasteiger partial charge in [0.05, 0.1) is 17.9 Å². The first-order chi connectivity index (χ1) is 16.0. The summed E-state index contributed by atoms with van der Waals surface area (Å²) in [4.78, 5) is 41.1. The maximum atomic E-state index is 12.7. The van der Waals surface area contributed by atoms with Crippen molar-refractivity contribution in [3.63, 3.8) is 0 Å². The van der Waals surface area contributed by atoms with Gasteiger partial charge < -0.3 is 13.9 Å². The molecule has 4 rings (SSSR count). The molecule has 4 aromatic rings. The summed E-state index contributed by atoms with van der Waals surface area (Å²) >= 11 is 0. The minimum absolute atomic E-state index is 0.199. The van der Waals surface area contributed by atoms with E-state index in [1.54, 1.807) is 79.7 Å². The lowest BCUT2D eigenvalue weighted by molar-refractivity contribution is 0.0526. The van der Waals surface area contributed by atoms with E-state index in [2.05, 4.69) is 4.99 Å². The number of para-hydroxylation sites is 2. The molecule has 0 N–H and O–H groups in total. The van der Waals surface area contributed by atoms with Crippen LogP contribution >= 0.6 is 0 Å². The first kappa shape index (κ1) is 21.7. The fourth-order valence-electron chi connectivity index (χ4n) is 3.08. The Morgan fingerprint density at radius 3 is 2.45 bits per heavy atom. The van der Waals surface area contributed by atoms with Crippen molar-refractivity contribution in [2.24, 2.45) is 4.99 Å². The van der Waals surface area contributed by atoms with Crippen LogP contribution in [0.3, 0.4) is 0 Å². The van der Waals surface area contributed by atoms with Gasteiger partial charge in [-0.05, 0) is 55.5 Å². The Balaban J connectivity index is 1.54.